The third-order valence-corrected chi connectivity index (χ3v) is 3.01. The van der Waals surface area contributed by atoms with Crippen LogP contribution in [0.2, 0.25) is 0 Å². The first kappa shape index (κ1) is 12.0. The molecule has 0 amide bonds. The van der Waals surface area contributed by atoms with Crippen LogP contribution in [0, 0.1) is 11.8 Å². The van der Waals surface area contributed by atoms with Gasteiger partial charge in [-0.05, 0) is 11.8 Å². The molecular weight excluding hydrogens is 184 g/mol. The second-order valence-corrected chi connectivity index (χ2v) is 4.41. The predicted molar refractivity (Wildman–Crippen MR) is 64.0 cm³/mol. The molecular formula is C14H20O. The van der Waals surface area contributed by atoms with Crippen molar-refractivity contribution >= 4 is 5.78 Å². The highest BCUT2D eigenvalue weighted by atomic mass is 16.1. The summed E-state index contributed by atoms with van der Waals surface area (Å²) in [5.74, 6) is 1.37. The Hall–Kier alpha value is -1.11. The maximum absolute atomic E-state index is 11.9. The van der Waals surface area contributed by atoms with Crippen molar-refractivity contribution in [2.24, 2.45) is 11.8 Å². The molecule has 1 rings (SSSR count). The number of Topliss-reactive ketones (excluding diaryl/α,β-unsaturated/α-hetero) is 1. The molecule has 0 N–H and O–H groups in total. The maximum Gasteiger partial charge on any atom is 0.163 e. The van der Waals surface area contributed by atoms with Gasteiger partial charge in [0.1, 0.15) is 0 Å². The monoisotopic (exact) mass is 204 g/mol. The summed E-state index contributed by atoms with van der Waals surface area (Å²) in [4.78, 5) is 11.9. The Morgan fingerprint density at radius 1 is 1.20 bits per heavy atom. The van der Waals surface area contributed by atoms with Gasteiger partial charge in [0.2, 0.25) is 0 Å². The molecule has 1 nitrogen and oxygen atoms in total. The van der Waals surface area contributed by atoms with E-state index in [1.807, 2.05) is 30.3 Å². The number of rotatable bonds is 5. The lowest BCUT2D eigenvalue weighted by molar-refractivity contribution is 0.0946. The average Bonchev–Trinajstić information content (AvgIpc) is 2.26. The van der Waals surface area contributed by atoms with Gasteiger partial charge >= 0.3 is 0 Å². The van der Waals surface area contributed by atoms with Gasteiger partial charge in [-0.3, -0.25) is 4.79 Å². The van der Waals surface area contributed by atoms with Crippen LogP contribution >= 0.6 is 0 Å². The zero-order valence-electron chi connectivity index (χ0n) is 9.86. The van der Waals surface area contributed by atoms with Crippen LogP contribution in [0.4, 0.5) is 0 Å². The summed E-state index contributed by atoms with van der Waals surface area (Å²) in [6.07, 6.45) is 1.76. The molecule has 0 aliphatic rings. The lowest BCUT2D eigenvalue weighted by Crippen LogP contribution is -2.13. The normalized spacial score (nSPS) is 12.8. The van der Waals surface area contributed by atoms with Crippen LogP contribution in [0.3, 0.4) is 0 Å². The quantitative estimate of drug-likeness (QED) is 0.664. The van der Waals surface area contributed by atoms with Crippen LogP contribution in [-0.4, -0.2) is 5.78 Å². The highest BCUT2D eigenvalue weighted by Crippen LogP contribution is 2.21. The van der Waals surface area contributed by atoms with Crippen molar-refractivity contribution in [1.29, 1.82) is 0 Å². The van der Waals surface area contributed by atoms with E-state index in [1.165, 1.54) is 0 Å². The van der Waals surface area contributed by atoms with Gasteiger partial charge in [-0.15, -0.1) is 0 Å². The van der Waals surface area contributed by atoms with Gasteiger partial charge in [0, 0.05) is 12.0 Å². The van der Waals surface area contributed by atoms with Crippen molar-refractivity contribution in [3.8, 4) is 0 Å². The first-order chi connectivity index (χ1) is 7.15. The molecule has 0 bridgehead atoms. The lowest BCUT2D eigenvalue weighted by Gasteiger charge is -2.17. The molecule has 1 heteroatoms. The minimum atomic E-state index is 0.274. The van der Waals surface area contributed by atoms with Gasteiger partial charge in [0.05, 0.1) is 0 Å². The molecule has 0 radical (unpaired) electrons. The number of benzene rings is 1. The third-order valence-electron chi connectivity index (χ3n) is 3.01. The van der Waals surface area contributed by atoms with Crippen LogP contribution < -0.4 is 0 Å². The smallest absolute Gasteiger partial charge is 0.163 e. The van der Waals surface area contributed by atoms with E-state index >= 15 is 0 Å². The molecule has 0 spiro atoms. The summed E-state index contributed by atoms with van der Waals surface area (Å²) >= 11 is 0. The van der Waals surface area contributed by atoms with E-state index in [9.17, 15) is 4.79 Å². The van der Waals surface area contributed by atoms with Crippen LogP contribution in [-0.2, 0) is 0 Å². The summed E-state index contributed by atoms with van der Waals surface area (Å²) < 4.78 is 0. The Morgan fingerprint density at radius 3 is 2.27 bits per heavy atom. The van der Waals surface area contributed by atoms with Crippen LogP contribution in [0.15, 0.2) is 30.3 Å². The summed E-state index contributed by atoms with van der Waals surface area (Å²) in [6.45, 7) is 6.53. The summed E-state index contributed by atoms with van der Waals surface area (Å²) in [5, 5.41) is 0. The fourth-order valence-corrected chi connectivity index (χ4v) is 1.83. The zero-order chi connectivity index (χ0) is 11.3. The number of carbonyl (C=O) groups is 1. The molecule has 15 heavy (non-hydrogen) atoms. The highest BCUT2D eigenvalue weighted by Gasteiger charge is 2.16. The highest BCUT2D eigenvalue weighted by molar-refractivity contribution is 5.96. The lowest BCUT2D eigenvalue weighted by atomic mass is 9.87. The fraction of sp³-hybridized carbons (Fsp3) is 0.500. The number of ketones is 1. The molecule has 1 aromatic carbocycles. The Bertz CT molecular complexity index is 300. The van der Waals surface area contributed by atoms with Crippen molar-refractivity contribution in [2.75, 3.05) is 0 Å². The molecule has 82 valence electrons. The van der Waals surface area contributed by atoms with E-state index in [1.54, 1.807) is 0 Å². The topological polar surface area (TPSA) is 17.1 Å². The van der Waals surface area contributed by atoms with E-state index in [0.29, 0.717) is 18.3 Å². The van der Waals surface area contributed by atoms with Crippen molar-refractivity contribution in [3.63, 3.8) is 0 Å². The molecule has 0 aliphatic carbocycles. The third kappa shape index (κ3) is 3.50. The van der Waals surface area contributed by atoms with E-state index in [0.717, 1.165) is 12.0 Å². The van der Waals surface area contributed by atoms with Gasteiger partial charge < -0.3 is 0 Å². The molecule has 1 aromatic rings. The molecule has 0 aromatic heterocycles. The Labute approximate surface area is 92.5 Å². The first-order valence-corrected chi connectivity index (χ1v) is 5.73. The summed E-state index contributed by atoms with van der Waals surface area (Å²) in [6, 6.07) is 9.58. The molecule has 0 saturated heterocycles. The van der Waals surface area contributed by atoms with E-state index in [4.69, 9.17) is 0 Å². The largest absolute Gasteiger partial charge is 0.294 e. The van der Waals surface area contributed by atoms with Gasteiger partial charge in [0.25, 0.3) is 0 Å². The predicted octanol–water partition coefficient (Wildman–Crippen LogP) is 3.94. The second kappa shape index (κ2) is 5.69. The van der Waals surface area contributed by atoms with Gasteiger partial charge in [-0.2, -0.15) is 0 Å². The van der Waals surface area contributed by atoms with Gasteiger partial charge in [0.15, 0.2) is 5.78 Å². The maximum atomic E-state index is 11.9. The zero-order valence-corrected chi connectivity index (χ0v) is 9.86. The SMILES string of the molecule is CCC(CC(=O)c1ccccc1)C(C)C. The molecule has 0 aliphatic heterocycles. The Balaban J connectivity index is 2.63. The van der Waals surface area contributed by atoms with Gasteiger partial charge in [-0.25, -0.2) is 0 Å². The van der Waals surface area contributed by atoms with Crippen molar-refractivity contribution in [1.82, 2.24) is 0 Å². The molecule has 0 saturated carbocycles. The number of hydrogen-bond acceptors (Lipinski definition) is 1. The first-order valence-electron chi connectivity index (χ1n) is 5.73. The molecule has 0 fully saturated rings. The Morgan fingerprint density at radius 2 is 1.80 bits per heavy atom. The van der Waals surface area contributed by atoms with Crippen LogP contribution in [0.1, 0.15) is 44.0 Å². The number of hydrogen-bond donors (Lipinski definition) is 0. The van der Waals surface area contributed by atoms with Crippen molar-refractivity contribution in [2.45, 2.75) is 33.6 Å². The number of carbonyl (C=O) groups excluding carboxylic acids is 1. The Kier molecular flexibility index (Phi) is 4.54. The summed E-state index contributed by atoms with van der Waals surface area (Å²) in [5.41, 5.74) is 0.844. The van der Waals surface area contributed by atoms with Crippen molar-refractivity contribution in [3.05, 3.63) is 35.9 Å². The van der Waals surface area contributed by atoms with E-state index in [2.05, 4.69) is 20.8 Å². The fourth-order valence-electron chi connectivity index (χ4n) is 1.83. The minimum Gasteiger partial charge on any atom is -0.294 e. The average molecular weight is 204 g/mol. The molecule has 1 unspecified atom stereocenters. The van der Waals surface area contributed by atoms with Crippen LogP contribution in [0.25, 0.3) is 0 Å². The summed E-state index contributed by atoms with van der Waals surface area (Å²) in [7, 11) is 0. The molecule has 1 atom stereocenters. The minimum absolute atomic E-state index is 0.274. The second-order valence-electron chi connectivity index (χ2n) is 4.41. The molecule has 0 heterocycles. The van der Waals surface area contributed by atoms with Crippen LogP contribution in [0.5, 0.6) is 0 Å². The standard InChI is InChI=1S/C14H20O/c1-4-12(11(2)3)10-14(15)13-8-6-5-7-9-13/h5-9,11-12H,4,10H2,1-3H3. The van der Waals surface area contributed by atoms with Crippen molar-refractivity contribution < 1.29 is 4.79 Å². The van der Waals surface area contributed by atoms with E-state index in [-0.39, 0.29) is 5.78 Å². The van der Waals surface area contributed by atoms with Gasteiger partial charge in [-0.1, -0.05) is 57.5 Å². The van der Waals surface area contributed by atoms with E-state index < -0.39 is 0 Å².